The first-order valence-corrected chi connectivity index (χ1v) is 10.2. The average molecular weight is 377 g/mol. The summed E-state index contributed by atoms with van der Waals surface area (Å²) < 4.78 is 5.12. The summed E-state index contributed by atoms with van der Waals surface area (Å²) in [4.78, 5) is 7.24. The van der Waals surface area contributed by atoms with E-state index in [1.54, 1.807) is 13.2 Å². The summed E-state index contributed by atoms with van der Waals surface area (Å²) in [6, 6.07) is 5.42. The third-order valence-corrected chi connectivity index (χ3v) is 5.10. The highest BCUT2D eigenvalue weighted by molar-refractivity contribution is 5.79. The van der Waals surface area contributed by atoms with E-state index < -0.39 is 0 Å². The van der Waals surface area contributed by atoms with E-state index in [4.69, 9.17) is 4.74 Å². The maximum Gasteiger partial charge on any atom is 0.191 e. The molecule has 6 nitrogen and oxygen atoms in total. The molecule has 0 radical (unpaired) electrons. The fourth-order valence-corrected chi connectivity index (χ4v) is 3.31. The largest absolute Gasteiger partial charge is 0.508 e. The van der Waals surface area contributed by atoms with Crippen molar-refractivity contribution >= 4 is 5.96 Å². The molecule has 1 fully saturated rings. The molecule has 0 atom stereocenters. The topological polar surface area (TPSA) is 69.1 Å². The van der Waals surface area contributed by atoms with Crippen LogP contribution in [-0.4, -0.2) is 62.3 Å². The van der Waals surface area contributed by atoms with Gasteiger partial charge in [-0.3, -0.25) is 4.99 Å². The Morgan fingerprint density at radius 2 is 2.07 bits per heavy atom. The fourth-order valence-electron chi connectivity index (χ4n) is 3.31. The fraction of sp³-hybridized carbons (Fsp3) is 0.667. The molecule has 0 spiro atoms. The number of benzene rings is 1. The number of hydrogen-bond acceptors (Lipinski definition) is 4. The number of likely N-dealkylation sites (tertiary alicyclic amines) is 1. The van der Waals surface area contributed by atoms with Crippen LogP contribution in [0.1, 0.15) is 38.7 Å². The van der Waals surface area contributed by atoms with Crippen molar-refractivity contribution < 1.29 is 9.84 Å². The molecule has 1 heterocycles. The van der Waals surface area contributed by atoms with Gasteiger partial charge in [-0.15, -0.1) is 0 Å². The zero-order valence-electron chi connectivity index (χ0n) is 17.1. The molecule has 1 aliphatic rings. The second-order valence-electron chi connectivity index (χ2n) is 7.31. The van der Waals surface area contributed by atoms with Gasteiger partial charge >= 0.3 is 0 Å². The van der Waals surface area contributed by atoms with Gasteiger partial charge in [-0.25, -0.2) is 0 Å². The molecule has 1 saturated heterocycles. The van der Waals surface area contributed by atoms with Gasteiger partial charge in [0.2, 0.25) is 0 Å². The molecule has 1 aromatic carbocycles. The van der Waals surface area contributed by atoms with E-state index >= 15 is 0 Å². The van der Waals surface area contributed by atoms with Crippen molar-refractivity contribution in [3.8, 4) is 11.5 Å². The van der Waals surface area contributed by atoms with Crippen molar-refractivity contribution in [2.24, 2.45) is 10.9 Å². The highest BCUT2D eigenvalue weighted by Crippen LogP contribution is 2.23. The third kappa shape index (κ3) is 7.67. The summed E-state index contributed by atoms with van der Waals surface area (Å²) in [6.07, 6.45) is 4.47. The third-order valence-electron chi connectivity index (χ3n) is 5.10. The lowest BCUT2D eigenvalue weighted by Gasteiger charge is -2.29. The van der Waals surface area contributed by atoms with Crippen LogP contribution in [0.15, 0.2) is 23.2 Å². The summed E-state index contributed by atoms with van der Waals surface area (Å²) in [5.41, 5.74) is 0.901. The number of hydrogen-bond donors (Lipinski definition) is 3. The second-order valence-corrected chi connectivity index (χ2v) is 7.31. The van der Waals surface area contributed by atoms with Crippen LogP contribution in [0.4, 0.5) is 0 Å². The highest BCUT2D eigenvalue weighted by Gasteiger charge is 2.14. The van der Waals surface area contributed by atoms with Gasteiger partial charge in [0.05, 0.1) is 7.11 Å². The molecule has 0 aromatic heterocycles. The summed E-state index contributed by atoms with van der Waals surface area (Å²) in [6.45, 7) is 10.4. The van der Waals surface area contributed by atoms with E-state index in [0.29, 0.717) is 5.75 Å². The van der Waals surface area contributed by atoms with Gasteiger partial charge < -0.3 is 25.4 Å². The van der Waals surface area contributed by atoms with Crippen LogP contribution in [0, 0.1) is 5.92 Å². The van der Waals surface area contributed by atoms with Crippen LogP contribution in [-0.2, 0) is 6.42 Å². The number of aliphatic imine (C=N–C) groups is 1. The van der Waals surface area contributed by atoms with Crippen LogP contribution >= 0.6 is 0 Å². The Morgan fingerprint density at radius 3 is 2.74 bits per heavy atom. The smallest absolute Gasteiger partial charge is 0.191 e. The van der Waals surface area contributed by atoms with Gasteiger partial charge in [-0.05, 0) is 69.8 Å². The van der Waals surface area contributed by atoms with E-state index in [2.05, 4.69) is 34.4 Å². The number of nitrogens with one attached hydrogen (secondary N) is 2. The Morgan fingerprint density at radius 1 is 1.30 bits per heavy atom. The number of aromatic hydroxyl groups is 1. The quantitative estimate of drug-likeness (QED) is 0.351. The lowest BCUT2D eigenvalue weighted by molar-refractivity contribution is 0.192. The maximum absolute atomic E-state index is 10.0. The first-order valence-electron chi connectivity index (χ1n) is 10.2. The molecule has 1 aromatic rings. The van der Waals surface area contributed by atoms with Crippen LogP contribution in [0.2, 0.25) is 0 Å². The standard InChI is InChI=1S/C21H36N4O2/c1-4-22-21(23-11-5-13-25-14-9-17(2)10-15-25)24-12-8-18-6-7-19(27-3)16-20(18)26/h6-7,16-17,26H,4-5,8-15H2,1-3H3,(H2,22,23,24). The maximum atomic E-state index is 10.0. The first kappa shape index (κ1) is 21.4. The number of rotatable bonds is 9. The predicted molar refractivity (Wildman–Crippen MR) is 112 cm³/mol. The van der Waals surface area contributed by atoms with Crippen LogP contribution in [0.3, 0.4) is 0 Å². The zero-order chi connectivity index (χ0) is 19.5. The van der Waals surface area contributed by atoms with Crippen molar-refractivity contribution in [1.82, 2.24) is 15.5 Å². The molecular formula is C21H36N4O2. The van der Waals surface area contributed by atoms with Crippen LogP contribution in [0.5, 0.6) is 11.5 Å². The van der Waals surface area contributed by atoms with E-state index in [0.717, 1.165) is 56.5 Å². The average Bonchev–Trinajstić information content (AvgIpc) is 2.67. The highest BCUT2D eigenvalue weighted by atomic mass is 16.5. The number of nitrogens with zero attached hydrogens (tertiary/aromatic N) is 2. The van der Waals surface area contributed by atoms with E-state index in [1.165, 1.54) is 25.9 Å². The number of phenols is 1. The SMILES string of the molecule is CCNC(=NCCCN1CCC(C)CC1)NCCc1ccc(OC)cc1O. The van der Waals surface area contributed by atoms with Crippen molar-refractivity contribution in [3.63, 3.8) is 0 Å². The van der Waals surface area contributed by atoms with E-state index in [-0.39, 0.29) is 5.75 Å². The molecule has 152 valence electrons. The molecule has 0 saturated carbocycles. The summed E-state index contributed by atoms with van der Waals surface area (Å²) in [5.74, 6) is 2.67. The Bertz CT molecular complexity index is 584. The summed E-state index contributed by atoms with van der Waals surface area (Å²) in [7, 11) is 1.60. The molecule has 1 aliphatic heterocycles. The Balaban J connectivity index is 1.71. The predicted octanol–water partition coefficient (Wildman–Crippen LogP) is 2.62. The molecule has 3 N–H and O–H groups in total. The Kier molecular flexibility index (Phi) is 9.25. The van der Waals surface area contributed by atoms with Crippen molar-refractivity contribution in [1.29, 1.82) is 0 Å². The Labute approximate surface area is 164 Å². The van der Waals surface area contributed by atoms with Crippen molar-refractivity contribution in [2.75, 3.05) is 46.4 Å². The van der Waals surface area contributed by atoms with E-state index in [1.807, 2.05) is 12.1 Å². The van der Waals surface area contributed by atoms with Gasteiger partial charge in [0.25, 0.3) is 0 Å². The normalized spacial score (nSPS) is 16.3. The van der Waals surface area contributed by atoms with Gasteiger partial charge in [0.15, 0.2) is 5.96 Å². The molecule has 0 aliphatic carbocycles. The number of methoxy groups -OCH3 is 1. The van der Waals surface area contributed by atoms with Crippen molar-refractivity contribution in [2.45, 2.75) is 39.5 Å². The zero-order valence-corrected chi connectivity index (χ0v) is 17.1. The Hall–Kier alpha value is -1.95. The van der Waals surface area contributed by atoms with Crippen LogP contribution in [0.25, 0.3) is 0 Å². The molecule has 0 amide bonds. The van der Waals surface area contributed by atoms with Gasteiger partial charge in [-0.2, -0.15) is 0 Å². The lowest BCUT2D eigenvalue weighted by Crippen LogP contribution is -2.38. The molecular weight excluding hydrogens is 340 g/mol. The molecule has 6 heteroatoms. The molecule has 2 rings (SSSR count). The number of piperidine rings is 1. The second kappa shape index (κ2) is 11.7. The molecule has 0 unspecified atom stereocenters. The van der Waals surface area contributed by atoms with Gasteiger partial charge in [0, 0.05) is 25.7 Å². The monoisotopic (exact) mass is 376 g/mol. The van der Waals surface area contributed by atoms with Crippen LogP contribution < -0.4 is 15.4 Å². The van der Waals surface area contributed by atoms with Gasteiger partial charge in [0.1, 0.15) is 11.5 Å². The molecule has 0 bridgehead atoms. The lowest BCUT2D eigenvalue weighted by atomic mass is 9.99. The number of ether oxygens (including phenoxy) is 1. The minimum absolute atomic E-state index is 0.272. The minimum atomic E-state index is 0.272. The van der Waals surface area contributed by atoms with Crippen molar-refractivity contribution in [3.05, 3.63) is 23.8 Å². The summed E-state index contributed by atoms with van der Waals surface area (Å²) in [5, 5.41) is 16.7. The number of guanidine groups is 1. The molecule has 27 heavy (non-hydrogen) atoms. The first-order chi connectivity index (χ1) is 13.1. The summed E-state index contributed by atoms with van der Waals surface area (Å²) >= 11 is 0. The number of phenolic OH excluding ortho intramolecular Hbond substituents is 1. The minimum Gasteiger partial charge on any atom is -0.508 e. The van der Waals surface area contributed by atoms with Gasteiger partial charge in [-0.1, -0.05) is 13.0 Å². The van der Waals surface area contributed by atoms with E-state index in [9.17, 15) is 5.11 Å².